The van der Waals surface area contributed by atoms with E-state index in [1.165, 1.54) is 0 Å². The van der Waals surface area contributed by atoms with Crippen molar-refractivity contribution in [1.29, 1.82) is 0 Å². The number of hydrogen-bond acceptors (Lipinski definition) is 3. The molecule has 1 atom stereocenters. The van der Waals surface area contributed by atoms with Crippen LogP contribution in [0.2, 0.25) is 0 Å². The Morgan fingerprint density at radius 2 is 2.07 bits per heavy atom. The van der Waals surface area contributed by atoms with Crippen molar-refractivity contribution in [2.75, 3.05) is 6.54 Å². The fourth-order valence-corrected chi connectivity index (χ4v) is 1.23. The second-order valence-corrected chi connectivity index (χ2v) is 4.10. The van der Waals surface area contributed by atoms with Crippen LogP contribution in [0.4, 0.5) is 0 Å². The molecule has 78 valence electrons. The lowest BCUT2D eigenvalue weighted by atomic mass is 10.1. The highest BCUT2D eigenvalue weighted by molar-refractivity contribution is 5.06. The lowest BCUT2D eigenvalue weighted by Gasteiger charge is -2.09. The van der Waals surface area contributed by atoms with Gasteiger partial charge in [0.25, 0.3) is 0 Å². The van der Waals surface area contributed by atoms with E-state index in [0.717, 1.165) is 17.9 Å². The number of hydrogen-bond donors (Lipinski definition) is 1. The van der Waals surface area contributed by atoms with Crippen LogP contribution in [-0.2, 0) is 6.42 Å². The third-order valence-corrected chi connectivity index (χ3v) is 2.25. The first kappa shape index (κ1) is 11.1. The van der Waals surface area contributed by atoms with Crippen molar-refractivity contribution in [2.24, 2.45) is 11.7 Å². The molecule has 0 aliphatic rings. The molecule has 0 radical (unpaired) electrons. The zero-order valence-corrected chi connectivity index (χ0v) is 9.20. The van der Waals surface area contributed by atoms with E-state index in [4.69, 9.17) is 5.73 Å². The molecule has 1 unspecified atom stereocenters. The van der Waals surface area contributed by atoms with Gasteiger partial charge in [0.1, 0.15) is 5.82 Å². The Balaban J connectivity index is 2.73. The van der Waals surface area contributed by atoms with Gasteiger partial charge in [0, 0.05) is 18.3 Å². The van der Waals surface area contributed by atoms with Crippen LogP contribution < -0.4 is 5.73 Å². The van der Waals surface area contributed by atoms with Crippen LogP contribution in [0.3, 0.4) is 0 Å². The maximum absolute atomic E-state index is 5.56. The highest BCUT2D eigenvalue weighted by Crippen LogP contribution is 2.11. The number of nitrogens with zero attached hydrogens (tertiary/aromatic N) is 2. The molecule has 2 N–H and O–H groups in total. The highest BCUT2D eigenvalue weighted by Gasteiger charge is 2.06. The minimum absolute atomic E-state index is 0.456. The summed E-state index contributed by atoms with van der Waals surface area (Å²) in [5.74, 6) is 1.83. The smallest absolute Gasteiger partial charge is 0.128 e. The summed E-state index contributed by atoms with van der Waals surface area (Å²) in [6.07, 6.45) is 2.71. The van der Waals surface area contributed by atoms with Gasteiger partial charge in [-0.3, -0.25) is 0 Å². The van der Waals surface area contributed by atoms with Crippen LogP contribution >= 0.6 is 0 Å². The van der Waals surface area contributed by atoms with E-state index in [-0.39, 0.29) is 0 Å². The van der Waals surface area contributed by atoms with Crippen molar-refractivity contribution < 1.29 is 0 Å². The predicted octanol–water partition coefficient (Wildman–Crippen LogP) is 1.74. The summed E-state index contributed by atoms with van der Waals surface area (Å²) >= 11 is 0. The van der Waals surface area contributed by atoms with Crippen LogP contribution in [0.5, 0.6) is 0 Å². The quantitative estimate of drug-likeness (QED) is 0.792. The summed E-state index contributed by atoms with van der Waals surface area (Å²) in [4.78, 5) is 8.74. The molecule has 1 aromatic rings. The Hall–Kier alpha value is -0.960. The third kappa shape index (κ3) is 3.07. The van der Waals surface area contributed by atoms with E-state index in [1.54, 1.807) is 0 Å². The largest absolute Gasteiger partial charge is 0.330 e. The fourth-order valence-electron chi connectivity index (χ4n) is 1.23. The van der Waals surface area contributed by atoms with Crippen LogP contribution in [0.25, 0.3) is 0 Å². The van der Waals surface area contributed by atoms with Crippen molar-refractivity contribution in [3.05, 3.63) is 23.8 Å². The molecule has 0 saturated carbocycles. The van der Waals surface area contributed by atoms with Crippen molar-refractivity contribution in [3.63, 3.8) is 0 Å². The second-order valence-electron chi connectivity index (χ2n) is 4.10. The lowest BCUT2D eigenvalue weighted by Crippen LogP contribution is -2.15. The van der Waals surface area contributed by atoms with Gasteiger partial charge in [-0.25, -0.2) is 9.97 Å². The summed E-state index contributed by atoms with van der Waals surface area (Å²) in [5.41, 5.74) is 6.67. The highest BCUT2D eigenvalue weighted by atomic mass is 14.9. The van der Waals surface area contributed by atoms with Gasteiger partial charge in [0.05, 0.1) is 0 Å². The van der Waals surface area contributed by atoms with Gasteiger partial charge < -0.3 is 5.73 Å². The average Bonchev–Trinajstić information content (AvgIpc) is 2.18. The van der Waals surface area contributed by atoms with Gasteiger partial charge in [0.2, 0.25) is 0 Å². The van der Waals surface area contributed by atoms with Crippen molar-refractivity contribution in [1.82, 2.24) is 9.97 Å². The minimum atomic E-state index is 0.456. The first-order chi connectivity index (χ1) is 6.63. The zero-order chi connectivity index (χ0) is 10.6. The fraction of sp³-hybridized carbons (Fsp3) is 0.636. The summed E-state index contributed by atoms with van der Waals surface area (Å²) in [6, 6.07) is 1.97. The molecule has 1 aromatic heterocycles. The Labute approximate surface area is 85.8 Å². The minimum Gasteiger partial charge on any atom is -0.330 e. The maximum Gasteiger partial charge on any atom is 0.128 e. The molecule has 0 aliphatic carbocycles. The molecule has 0 spiro atoms. The molecule has 1 heterocycles. The van der Waals surface area contributed by atoms with Crippen LogP contribution in [0, 0.1) is 5.92 Å². The summed E-state index contributed by atoms with van der Waals surface area (Å²) in [5, 5.41) is 0. The van der Waals surface area contributed by atoms with Crippen molar-refractivity contribution in [2.45, 2.75) is 33.1 Å². The van der Waals surface area contributed by atoms with Gasteiger partial charge in [0.15, 0.2) is 0 Å². The summed E-state index contributed by atoms with van der Waals surface area (Å²) in [6.45, 7) is 7.08. The first-order valence-corrected chi connectivity index (χ1v) is 5.15. The SMILES string of the molecule is CC(CN)Cc1nccc(C(C)C)n1. The number of aromatic nitrogens is 2. The molecule has 3 heteroatoms. The van der Waals surface area contributed by atoms with E-state index >= 15 is 0 Å². The van der Waals surface area contributed by atoms with Crippen LogP contribution in [0.15, 0.2) is 12.3 Å². The average molecular weight is 193 g/mol. The van der Waals surface area contributed by atoms with Gasteiger partial charge in [-0.15, -0.1) is 0 Å². The van der Waals surface area contributed by atoms with Gasteiger partial charge >= 0.3 is 0 Å². The molecule has 0 amide bonds. The van der Waals surface area contributed by atoms with Gasteiger partial charge in [-0.1, -0.05) is 20.8 Å². The van der Waals surface area contributed by atoms with Crippen molar-refractivity contribution in [3.8, 4) is 0 Å². The predicted molar refractivity (Wildman–Crippen MR) is 58.0 cm³/mol. The Bertz CT molecular complexity index is 284. The van der Waals surface area contributed by atoms with Crippen LogP contribution in [-0.4, -0.2) is 16.5 Å². The van der Waals surface area contributed by atoms with Crippen molar-refractivity contribution >= 4 is 0 Å². The van der Waals surface area contributed by atoms with Gasteiger partial charge in [-0.05, 0) is 24.4 Å². The summed E-state index contributed by atoms with van der Waals surface area (Å²) < 4.78 is 0. The standard InChI is InChI=1S/C11H19N3/c1-8(2)10-4-5-13-11(14-10)6-9(3)7-12/h4-5,8-9H,6-7,12H2,1-3H3. The van der Waals surface area contributed by atoms with E-state index in [1.807, 2.05) is 12.3 Å². The molecule has 0 aromatic carbocycles. The normalized spacial score (nSPS) is 13.2. The molecule has 14 heavy (non-hydrogen) atoms. The van der Waals surface area contributed by atoms with E-state index in [9.17, 15) is 0 Å². The lowest BCUT2D eigenvalue weighted by molar-refractivity contribution is 0.569. The van der Waals surface area contributed by atoms with E-state index in [2.05, 4.69) is 30.7 Å². The van der Waals surface area contributed by atoms with E-state index in [0.29, 0.717) is 18.4 Å². The first-order valence-electron chi connectivity index (χ1n) is 5.15. The molecule has 0 aliphatic heterocycles. The van der Waals surface area contributed by atoms with Crippen LogP contribution in [0.1, 0.15) is 38.2 Å². The molecule has 0 saturated heterocycles. The Morgan fingerprint density at radius 1 is 1.36 bits per heavy atom. The maximum atomic E-state index is 5.56. The third-order valence-electron chi connectivity index (χ3n) is 2.25. The molecule has 1 rings (SSSR count). The Kier molecular flexibility index (Phi) is 4.01. The number of nitrogens with two attached hydrogens (primary N) is 1. The Morgan fingerprint density at radius 3 is 2.64 bits per heavy atom. The summed E-state index contributed by atoms with van der Waals surface area (Å²) in [7, 11) is 0. The second kappa shape index (κ2) is 5.05. The topological polar surface area (TPSA) is 51.8 Å². The zero-order valence-electron chi connectivity index (χ0n) is 9.20. The molecule has 0 bridgehead atoms. The monoisotopic (exact) mass is 193 g/mol. The molecule has 3 nitrogen and oxygen atoms in total. The molecular weight excluding hydrogens is 174 g/mol. The molecule has 0 fully saturated rings. The molecular formula is C11H19N3. The van der Waals surface area contributed by atoms with Gasteiger partial charge in [-0.2, -0.15) is 0 Å². The number of rotatable bonds is 4. The van der Waals surface area contributed by atoms with E-state index < -0.39 is 0 Å².